The third-order valence-corrected chi connectivity index (χ3v) is 5.22. The Labute approximate surface area is 159 Å². The third kappa shape index (κ3) is 4.91. The topological polar surface area (TPSA) is 95.9 Å². The molecule has 0 radical (unpaired) electrons. The molecule has 2 N–H and O–H groups in total. The second-order valence-corrected chi connectivity index (χ2v) is 7.12. The van der Waals surface area contributed by atoms with Crippen molar-refractivity contribution in [3.8, 4) is 0 Å². The first-order chi connectivity index (χ1) is 11.8. The van der Waals surface area contributed by atoms with E-state index in [9.17, 15) is 19.5 Å². The Bertz CT molecular complexity index is 666. The summed E-state index contributed by atoms with van der Waals surface area (Å²) in [6.45, 7) is 1.47. The normalized spacial score (nSPS) is 20.9. The van der Waals surface area contributed by atoms with Crippen LogP contribution in [0.1, 0.15) is 18.9 Å². The Morgan fingerprint density at radius 2 is 2.08 bits per heavy atom. The largest absolute Gasteiger partial charge is 0.467 e. The number of ether oxygens (including phenoxy) is 1. The molecule has 1 heterocycles. The number of esters is 1. The highest BCUT2D eigenvalue weighted by Gasteiger charge is 2.39. The number of halogens is 1. The number of nitrogens with one attached hydrogen (secondary N) is 1. The van der Waals surface area contributed by atoms with Gasteiger partial charge in [0.25, 0.3) is 0 Å². The molecular formula is C17H21IN2O5. The quantitative estimate of drug-likeness (QED) is 0.492. The molecule has 1 aliphatic heterocycles. The Hall–Kier alpha value is -1.68. The molecule has 1 aromatic carbocycles. The van der Waals surface area contributed by atoms with E-state index in [1.807, 2.05) is 24.3 Å². The van der Waals surface area contributed by atoms with Gasteiger partial charge in [0.1, 0.15) is 12.1 Å². The summed E-state index contributed by atoms with van der Waals surface area (Å²) in [5.41, 5.74) is 0.911. The Balaban J connectivity index is 2.14. The van der Waals surface area contributed by atoms with Crippen molar-refractivity contribution in [3.05, 3.63) is 33.4 Å². The zero-order chi connectivity index (χ0) is 18.6. The van der Waals surface area contributed by atoms with Crippen LogP contribution in [0, 0.1) is 3.57 Å². The first-order valence-electron chi connectivity index (χ1n) is 7.90. The minimum absolute atomic E-state index is 0.118. The Morgan fingerprint density at radius 3 is 2.68 bits per heavy atom. The van der Waals surface area contributed by atoms with Gasteiger partial charge in [-0.1, -0.05) is 18.2 Å². The Kier molecular flexibility index (Phi) is 6.77. The van der Waals surface area contributed by atoms with Crippen molar-refractivity contribution in [1.82, 2.24) is 10.2 Å². The number of β-amino-alcohol motifs (C(OH)–C–C–N with tert-alkyl or cyclic N) is 1. The number of carbonyl (C=O) groups is 3. The van der Waals surface area contributed by atoms with Gasteiger partial charge >= 0.3 is 5.97 Å². The van der Waals surface area contributed by atoms with Crippen LogP contribution in [0.5, 0.6) is 0 Å². The fourth-order valence-corrected chi connectivity index (χ4v) is 3.51. The lowest BCUT2D eigenvalue weighted by Crippen LogP contribution is -2.51. The van der Waals surface area contributed by atoms with Gasteiger partial charge in [0.15, 0.2) is 0 Å². The maximum Gasteiger partial charge on any atom is 0.328 e. The lowest BCUT2D eigenvalue weighted by atomic mass is 10.0. The number of likely N-dealkylation sites (tertiary alicyclic amines) is 1. The van der Waals surface area contributed by atoms with E-state index in [0.717, 1.165) is 9.13 Å². The van der Waals surface area contributed by atoms with Crippen molar-refractivity contribution >= 4 is 40.4 Å². The number of hydrogen-bond donors (Lipinski definition) is 2. The van der Waals surface area contributed by atoms with Crippen molar-refractivity contribution in [1.29, 1.82) is 0 Å². The standard InChI is InChI=1S/C17H21IN2O5/c1-10(21)20-9-12(22)8-15(20)16(23)19-14(17(24)25-2)7-11-5-3-4-6-13(11)18/h3-6,12,14-15,22H,7-9H2,1-2H3,(H,19,23)/t12-,14-,15+/m1/s1. The van der Waals surface area contributed by atoms with Crippen molar-refractivity contribution in [2.24, 2.45) is 0 Å². The molecule has 1 aliphatic rings. The van der Waals surface area contributed by atoms with Crippen LogP contribution in [0.2, 0.25) is 0 Å². The number of nitrogens with zero attached hydrogens (tertiary/aromatic N) is 1. The SMILES string of the molecule is COC(=O)[C@@H](Cc1ccccc1I)NC(=O)[C@@H]1C[C@@H](O)CN1C(C)=O. The molecule has 2 rings (SSSR count). The number of carbonyl (C=O) groups excluding carboxylic acids is 3. The van der Waals surface area contributed by atoms with Crippen LogP contribution >= 0.6 is 22.6 Å². The summed E-state index contributed by atoms with van der Waals surface area (Å²) < 4.78 is 5.77. The predicted molar refractivity (Wildman–Crippen MR) is 98.6 cm³/mol. The van der Waals surface area contributed by atoms with E-state index >= 15 is 0 Å². The van der Waals surface area contributed by atoms with Crippen LogP contribution < -0.4 is 5.32 Å². The van der Waals surface area contributed by atoms with Crippen molar-refractivity contribution in [2.75, 3.05) is 13.7 Å². The number of benzene rings is 1. The number of aliphatic hydroxyl groups is 1. The molecule has 25 heavy (non-hydrogen) atoms. The molecule has 1 saturated heterocycles. The second kappa shape index (κ2) is 8.61. The third-order valence-electron chi connectivity index (χ3n) is 4.17. The van der Waals surface area contributed by atoms with Gasteiger partial charge in [-0.25, -0.2) is 4.79 Å². The van der Waals surface area contributed by atoms with Gasteiger partial charge in [-0.3, -0.25) is 9.59 Å². The average molecular weight is 460 g/mol. The molecular weight excluding hydrogens is 439 g/mol. The summed E-state index contributed by atoms with van der Waals surface area (Å²) >= 11 is 2.16. The van der Waals surface area contributed by atoms with Crippen molar-refractivity contribution in [2.45, 2.75) is 38.0 Å². The molecule has 8 heteroatoms. The highest BCUT2D eigenvalue weighted by Crippen LogP contribution is 2.19. The van der Waals surface area contributed by atoms with Gasteiger partial charge in [-0.2, -0.15) is 0 Å². The molecule has 0 bridgehead atoms. The second-order valence-electron chi connectivity index (χ2n) is 5.96. The number of methoxy groups -OCH3 is 1. The van der Waals surface area contributed by atoms with Crippen LogP contribution in [0.3, 0.4) is 0 Å². The van der Waals surface area contributed by atoms with E-state index in [4.69, 9.17) is 4.74 Å². The smallest absolute Gasteiger partial charge is 0.328 e. The fraction of sp³-hybridized carbons (Fsp3) is 0.471. The van der Waals surface area contributed by atoms with Gasteiger partial charge in [0.2, 0.25) is 11.8 Å². The lowest BCUT2D eigenvalue weighted by Gasteiger charge is -2.24. The molecule has 0 unspecified atom stereocenters. The molecule has 0 aromatic heterocycles. The van der Waals surface area contributed by atoms with Crippen molar-refractivity contribution < 1.29 is 24.2 Å². The monoisotopic (exact) mass is 460 g/mol. The summed E-state index contributed by atoms with van der Waals surface area (Å²) in [4.78, 5) is 37.7. The molecule has 3 atom stereocenters. The predicted octanol–water partition coefficient (Wildman–Crippen LogP) is 0.473. The number of amides is 2. The molecule has 136 valence electrons. The average Bonchev–Trinajstić information content (AvgIpc) is 2.97. The van der Waals surface area contributed by atoms with Crippen LogP contribution in [0.4, 0.5) is 0 Å². The number of rotatable bonds is 5. The van der Waals surface area contributed by atoms with Gasteiger partial charge in [-0.05, 0) is 34.2 Å². The molecule has 0 aliphatic carbocycles. The summed E-state index contributed by atoms with van der Waals surface area (Å²) in [7, 11) is 1.26. The van der Waals surface area contributed by atoms with Crippen LogP contribution in [-0.2, 0) is 25.5 Å². The van der Waals surface area contributed by atoms with Crippen LogP contribution in [-0.4, -0.2) is 59.6 Å². The van der Waals surface area contributed by atoms with E-state index in [0.29, 0.717) is 0 Å². The van der Waals surface area contributed by atoms with E-state index in [1.165, 1.54) is 18.9 Å². The fourth-order valence-electron chi connectivity index (χ4n) is 2.90. The lowest BCUT2D eigenvalue weighted by molar-refractivity contribution is -0.146. The highest BCUT2D eigenvalue weighted by atomic mass is 127. The number of aliphatic hydroxyl groups excluding tert-OH is 1. The number of hydrogen-bond acceptors (Lipinski definition) is 5. The molecule has 7 nitrogen and oxygen atoms in total. The Morgan fingerprint density at radius 1 is 1.40 bits per heavy atom. The zero-order valence-electron chi connectivity index (χ0n) is 14.1. The van der Waals surface area contributed by atoms with Crippen molar-refractivity contribution in [3.63, 3.8) is 0 Å². The minimum Gasteiger partial charge on any atom is -0.467 e. The summed E-state index contributed by atoms with van der Waals surface area (Å²) in [5, 5.41) is 12.4. The highest BCUT2D eigenvalue weighted by molar-refractivity contribution is 14.1. The first kappa shape index (κ1) is 19.6. The van der Waals surface area contributed by atoms with Gasteiger partial charge in [-0.15, -0.1) is 0 Å². The van der Waals surface area contributed by atoms with Crippen LogP contribution in [0.15, 0.2) is 24.3 Å². The van der Waals surface area contributed by atoms with E-state index in [-0.39, 0.29) is 25.3 Å². The zero-order valence-corrected chi connectivity index (χ0v) is 16.2. The van der Waals surface area contributed by atoms with Gasteiger partial charge < -0.3 is 20.1 Å². The molecule has 0 spiro atoms. The summed E-state index contributed by atoms with van der Waals surface area (Å²) in [6.07, 6.45) is -0.305. The van der Waals surface area contributed by atoms with Crippen LogP contribution in [0.25, 0.3) is 0 Å². The summed E-state index contributed by atoms with van der Waals surface area (Å²) in [6, 6.07) is 5.90. The minimum atomic E-state index is -0.861. The first-order valence-corrected chi connectivity index (χ1v) is 8.98. The molecule has 1 aromatic rings. The van der Waals surface area contributed by atoms with E-state index < -0.39 is 30.1 Å². The maximum absolute atomic E-state index is 12.6. The summed E-state index contributed by atoms with van der Waals surface area (Å²) in [5.74, 6) is -1.31. The van der Waals surface area contributed by atoms with E-state index in [2.05, 4.69) is 27.9 Å². The molecule has 2 amide bonds. The van der Waals surface area contributed by atoms with E-state index in [1.54, 1.807) is 0 Å². The molecule has 1 fully saturated rings. The van der Waals surface area contributed by atoms with Gasteiger partial charge in [0.05, 0.1) is 13.2 Å². The van der Waals surface area contributed by atoms with Gasteiger partial charge in [0, 0.05) is 29.9 Å². The maximum atomic E-state index is 12.6. The molecule has 0 saturated carbocycles.